The zero-order valence-electron chi connectivity index (χ0n) is 16.3. The highest BCUT2D eigenvalue weighted by Crippen LogP contribution is 2.27. The number of methoxy groups -OCH3 is 1. The van der Waals surface area contributed by atoms with Crippen LogP contribution in [0.1, 0.15) is 18.4 Å². The van der Waals surface area contributed by atoms with Crippen LogP contribution >= 0.6 is 15.9 Å². The molecule has 0 radical (unpaired) electrons. The number of rotatable bonds is 6. The summed E-state index contributed by atoms with van der Waals surface area (Å²) >= 11 is 3.28. The third-order valence-corrected chi connectivity index (χ3v) is 7.23. The molecule has 0 bridgehead atoms. The Morgan fingerprint density at radius 2 is 1.77 bits per heavy atom. The molecule has 2 amide bonds. The van der Waals surface area contributed by atoms with Crippen molar-refractivity contribution in [3.8, 4) is 5.75 Å². The van der Waals surface area contributed by atoms with E-state index in [0.717, 1.165) is 10.0 Å². The number of benzene rings is 2. The van der Waals surface area contributed by atoms with E-state index < -0.39 is 27.9 Å². The van der Waals surface area contributed by atoms with Crippen LogP contribution in [0.2, 0.25) is 0 Å². The number of amides is 2. The summed E-state index contributed by atoms with van der Waals surface area (Å²) in [5.41, 5.74) is 5.46. The molecule has 2 aromatic rings. The lowest BCUT2D eigenvalue weighted by Crippen LogP contribution is -2.51. The maximum atomic E-state index is 12.9. The first-order valence-electron chi connectivity index (χ1n) is 9.30. The van der Waals surface area contributed by atoms with Gasteiger partial charge >= 0.3 is 0 Å². The predicted octanol–water partition coefficient (Wildman–Crippen LogP) is 2.00. The summed E-state index contributed by atoms with van der Waals surface area (Å²) in [6, 6.07) is 12.4. The molecular formula is C20H22BrN3O5S. The van der Waals surface area contributed by atoms with Gasteiger partial charge in [-0.15, -0.1) is 0 Å². The van der Waals surface area contributed by atoms with E-state index in [1.54, 1.807) is 43.5 Å². The smallest absolute Gasteiger partial charge is 0.256 e. The molecule has 30 heavy (non-hydrogen) atoms. The molecule has 1 fully saturated rings. The maximum Gasteiger partial charge on any atom is 0.256 e. The van der Waals surface area contributed by atoms with Crippen molar-refractivity contribution >= 4 is 37.8 Å². The summed E-state index contributed by atoms with van der Waals surface area (Å²) in [5.74, 6) is -0.286. The van der Waals surface area contributed by atoms with Crippen molar-refractivity contribution in [3.05, 3.63) is 58.6 Å². The lowest BCUT2D eigenvalue weighted by Gasteiger charge is -2.23. The van der Waals surface area contributed by atoms with Gasteiger partial charge in [0.15, 0.2) is 0 Å². The zero-order valence-corrected chi connectivity index (χ0v) is 18.7. The number of nitrogens with zero attached hydrogens (tertiary/aromatic N) is 1. The van der Waals surface area contributed by atoms with Crippen molar-refractivity contribution in [1.82, 2.24) is 15.2 Å². The summed E-state index contributed by atoms with van der Waals surface area (Å²) < 4.78 is 32.9. The summed E-state index contributed by atoms with van der Waals surface area (Å²) in [7, 11) is -2.26. The second-order valence-corrected chi connectivity index (χ2v) is 9.60. The van der Waals surface area contributed by atoms with Gasteiger partial charge in [0.25, 0.3) is 5.91 Å². The molecule has 1 aliphatic heterocycles. The van der Waals surface area contributed by atoms with Crippen molar-refractivity contribution in [1.29, 1.82) is 0 Å². The monoisotopic (exact) mass is 495 g/mol. The highest BCUT2D eigenvalue weighted by molar-refractivity contribution is 9.10. The first kappa shape index (κ1) is 22.3. The normalized spacial score (nSPS) is 16.8. The van der Waals surface area contributed by atoms with E-state index in [-0.39, 0.29) is 17.9 Å². The Bertz CT molecular complexity index is 1010. The van der Waals surface area contributed by atoms with E-state index in [1.165, 1.54) is 16.4 Å². The molecule has 1 atom stereocenters. The number of nitrogens with one attached hydrogen (secondary N) is 2. The zero-order chi connectivity index (χ0) is 21.7. The molecule has 0 saturated carbocycles. The molecular weight excluding hydrogens is 474 g/mol. The molecule has 0 aliphatic carbocycles. The quantitative estimate of drug-likeness (QED) is 0.596. The topological polar surface area (TPSA) is 105 Å². The second kappa shape index (κ2) is 9.59. The summed E-state index contributed by atoms with van der Waals surface area (Å²) in [4.78, 5) is 24.8. The van der Waals surface area contributed by atoms with Crippen LogP contribution in [0.3, 0.4) is 0 Å². The van der Waals surface area contributed by atoms with E-state index >= 15 is 0 Å². The molecule has 1 aliphatic rings. The van der Waals surface area contributed by atoms with Gasteiger partial charge in [-0.2, -0.15) is 4.31 Å². The van der Waals surface area contributed by atoms with Gasteiger partial charge < -0.3 is 4.74 Å². The van der Waals surface area contributed by atoms with E-state index in [9.17, 15) is 18.0 Å². The third kappa shape index (κ3) is 5.18. The minimum Gasteiger partial charge on any atom is -0.497 e. The van der Waals surface area contributed by atoms with Crippen LogP contribution in [-0.4, -0.2) is 44.2 Å². The van der Waals surface area contributed by atoms with Gasteiger partial charge in [-0.3, -0.25) is 20.4 Å². The molecule has 0 aromatic heterocycles. The highest BCUT2D eigenvalue weighted by Gasteiger charge is 2.39. The summed E-state index contributed by atoms with van der Waals surface area (Å²) in [6.07, 6.45) is 1.01. The van der Waals surface area contributed by atoms with Crippen LogP contribution in [0.4, 0.5) is 0 Å². The fourth-order valence-corrected chi connectivity index (χ4v) is 5.14. The average Bonchev–Trinajstić information content (AvgIpc) is 3.24. The molecule has 10 heteroatoms. The Morgan fingerprint density at radius 3 is 2.40 bits per heavy atom. The van der Waals surface area contributed by atoms with Gasteiger partial charge in [0.1, 0.15) is 11.8 Å². The lowest BCUT2D eigenvalue weighted by molar-refractivity contribution is -0.130. The maximum absolute atomic E-state index is 12.9. The van der Waals surface area contributed by atoms with E-state index in [2.05, 4.69) is 26.8 Å². The molecule has 1 heterocycles. The van der Waals surface area contributed by atoms with Crippen molar-refractivity contribution in [3.63, 3.8) is 0 Å². The first-order valence-corrected chi connectivity index (χ1v) is 11.5. The highest BCUT2D eigenvalue weighted by atomic mass is 79.9. The fraction of sp³-hybridized carbons (Fsp3) is 0.300. The molecule has 2 N–H and O–H groups in total. The van der Waals surface area contributed by atoms with Gasteiger partial charge in [-0.25, -0.2) is 8.42 Å². The van der Waals surface area contributed by atoms with Crippen molar-refractivity contribution < 1.29 is 22.7 Å². The largest absolute Gasteiger partial charge is 0.497 e. The van der Waals surface area contributed by atoms with Gasteiger partial charge in [0.05, 0.1) is 18.4 Å². The Labute approximate surface area is 183 Å². The summed E-state index contributed by atoms with van der Waals surface area (Å²) in [6.45, 7) is 0.246. The van der Waals surface area contributed by atoms with Crippen LogP contribution in [0.25, 0.3) is 0 Å². The minimum atomic E-state index is -3.82. The first-order chi connectivity index (χ1) is 14.3. The van der Waals surface area contributed by atoms with Crippen LogP contribution in [0.5, 0.6) is 5.75 Å². The number of carbonyl (C=O) groups excluding carboxylic acids is 2. The van der Waals surface area contributed by atoms with Crippen molar-refractivity contribution in [2.45, 2.75) is 30.2 Å². The Kier molecular flexibility index (Phi) is 7.11. The number of hydrogen-bond donors (Lipinski definition) is 2. The Hall–Kier alpha value is -2.43. The Balaban J connectivity index is 1.60. The van der Waals surface area contributed by atoms with Crippen molar-refractivity contribution in [2.75, 3.05) is 13.7 Å². The van der Waals surface area contributed by atoms with Crippen LogP contribution in [-0.2, 0) is 26.0 Å². The number of carbonyl (C=O) groups is 2. The second-order valence-electron chi connectivity index (χ2n) is 6.79. The molecule has 1 saturated heterocycles. The van der Waals surface area contributed by atoms with E-state index in [4.69, 9.17) is 4.74 Å². The van der Waals surface area contributed by atoms with Crippen molar-refractivity contribution in [2.24, 2.45) is 0 Å². The third-order valence-electron chi connectivity index (χ3n) is 4.78. The van der Waals surface area contributed by atoms with Gasteiger partial charge in [0, 0.05) is 11.0 Å². The fourth-order valence-electron chi connectivity index (χ4n) is 3.22. The van der Waals surface area contributed by atoms with Crippen LogP contribution in [0, 0.1) is 0 Å². The molecule has 160 valence electrons. The number of hydrogen-bond acceptors (Lipinski definition) is 5. The summed E-state index contributed by atoms with van der Waals surface area (Å²) in [5, 5.41) is 0. The SMILES string of the molecule is COc1ccc(CC(=O)NNC(=O)C2CCCN2S(=O)(=O)c2ccc(Br)cc2)cc1. The lowest BCUT2D eigenvalue weighted by atomic mass is 10.1. The number of hydrazine groups is 1. The number of sulfonamides is 1. The Morgan fingerprint density at radius 1 is 1.10 bits per heavy atom. The standard InChI is InChI=1S/C20H22BrN3O5S/c1-29-16-8-4-14(5-9-16)13-19(25)22-23-20(26)18-3-2-12-24(18)30(27,28)17-10-6-15(21)7-11-17/h4-11,18H,2-3,12-13H2,1H3,(H,22,25)(H,23,26). The van der Waals surface area contributed by atoms with Gasteiger partial charge in [-0.05, 0) is 54.8 Å². The molecule has 3 rings (SSSR count). The van der Waals surface area contributed by atoms with Crippen LogP contribution < -0.4 is 15.6 Å². The average molecular weight is 496 g/mol. The minimum absolute atomic E-state index is 0.0653. The predicted molar refractivity (Wildman–Crippen MR) is 114 cm³/mol. The number of halogens is 1. The molecule has 8 nitrogen and oxygen atoms in total. The van der Waals surface area contributed by atoms with E-state index in [0.29, 0.717) is 18.6 Å². The molecule has 1 unspecified atom stereocenters. The van der Waals surface area contributed by atoms with Gasteiger partial charge in [-0.1, -0.05) is 28.1 Å². The van der Waals surface area contributed by atoms with Crippen LogP contribution in [0.15, 0.2) is 57.9 Å². The number of ether oxygens (including phenoxy) is 1. The molecule has 2 aromatic carbocycles. The van der Waals surface area contributed by atoms with E-state index in [1.807, 2.05) is 0 Å². The molecule has 0 spiro atoms. The van der Waals surface area contributed by atoms with Gasteiger partial charge in [0.2, 0.25) is 15.9 Å².